The lowest BCUT2D eigenvalue weighted by Crippen LogP contribution is -2.41. The van der Waals surface area contributed by atoms with E-state index in [9.17, 15) is 4.39 Å². The number of imidazole rings is 1. The summed E-state index contributed by atoms with van der Waals surface area (Å²) in [6.45, 7) is 7.62. The van der Waals surface area contributed by atoms with E-state index in [4.69, 9.17) is 4.74 Å². The molecule has 3 rings (SSSR count). The summed E-state index contributed by atoms with van der Waals surface area (Å²) in [6, 6.07) is 12.4. The van der Waals surface area contributed by atoms with Crippen molar-refractivity contribution in [2.45, 2.75) is 33.4 Å². The van der Waals surface area contributed by atoms with E-state index in [-0.39, 0.29) is 41.6 Å². The molecule has 0 aliphatic heterocycles. The number of ether oxygens (including phenoxy) is 1. The lowest BCUT2D eigenvalue weighted by atomic mass is 10.3. The Morgan fingerprint density at radius 1 is 1.21 bits per heavy atom. The van der Waals surface area contributed by atoms with Crippen LogP contribution in [0.5, 0.6) is 5.75 Å². The zero-order valence-corrected chi connectivity index (χ0v) is 19.2. The number of guanidine groups is 1. The second-order valence-corrected chi connectivity index (χ2v) is 6.56. The van der Waals surface area contributed by atoms with E-state index in [0.717, 1.165) is 23.6 Å². The van der Waals surface area contributed by atoms with Crippen LogP contribution in [0.15, 0.2) is 53.7 Å². The Morgan fingerprint density at radius 3 is 2.72 bits per heavy atom. The Morgan fingerprint density at radius 2 is 2.00 bits per heavy atom. The Balaban J connectivity index is 0.00000300. The molecule has 1 unspecified atom stereocenters. The molecule has 0 bridgehead atoms. The van der Waals surface area contributed by atoms with E-state index in [1.807, 2.05) is 45.2 Å². The van der Waals surface area contributed by atoms with Crippen LogP contribution in [-0.4, -0.2) is 34.5 Å². The monoisotopic (exact) mass is 511 g/mol. The summed E-state index contributed by atoms with van der Waals surface area (Å²) in [4.78, 5) is 9.19. The fraction of sp³-hybridized carbons (Fsp3) is 0.333. The number of fused-ring (bicyclic) bond motifs is 1. The summed E-state index contributed by atoms with van der Waals surface area (Å²) in [5.41, 5.74) is 2.93. The third-order valence-electron chi connectivity index (χ3n) is 4.21. The molecule has 0 saturated heterocycles. The van der Waals surface area contributed by atoms with E-state index >= 15 is 0 Å². The van der Waals surface area contributed by atoms with Gasteiger partial charge in [0.15, 0.2) is 17.5 Å². The van der Waals surface area contributed by atoms with Crippen molar-refractivity contribution in [3.63, 3.8) is 0 Å². The Kier molecular flexibility index (Phi) is 8.69. The second-order valence-electron chi connectivity index (χ2n) is 6.56. The van der Waals surface area contributed by atoms with Gasteiger partial charge in [-0.2, -0.15) is 0 Å². The van der Waals surface area contributed by atoms with Crippen LogP contribution in [-0.2, 0) is 6.54 Å². The van der Waals surface area contributed by atoms with Crippen LogP contribution in [0.4, 0.5) is 4.39 Å². The fourth-order valence-corrected chi connectivity index (χ4v) is 2.82. The molecule has 0 aliphatic carbocycles. The summed E-state index contributed by atoms with van der Waals surface area (Å²) >= 11 is 0. The molecule has 2 N–H and O–H groups in total. The van der Waals surface area contributed by atoms with E-state index < -0.39 is 0 Å². The van der Waals surface area contributed by atoms with Gasteiger partial charge in [-0.3, -0.25) is 0 Å². The molecule has 0 amide bonds. The van der Waals surface area contributed by atoms with Gasteiger partial charge in [-0.1, -0.05) is 18.2 Å². The first kappa shape index (κ1) is 22.9. The van der Waals surface area contributed by atoms with Crippen LogP contribution in [0.25, 0.3) is 5.65 Å². The average Bonchev–Trinajstić information content (AvgIpc) is 3.10. The largest absolute Gasteiger partial charge is 0.486 e. The normalized spacial score (nSPS) is 12.3. The van der Waals surface area contributed by atoms with Gasteiger partial charge in [0, 0.05) is 18.4 Å². The molecule has 156 valence electrons. The number of aromatic nitrogens is 2. The molecule has 8 heteroatoms. The number of pyridine rings is 1. The summed E-state index contributed by atoms with van der Waals surface area (Å²) in [7, 11) is 0. The smallest absolute Gasteiger partial charge is 0.191 e. The van der Waals surface area contributed by atoms with Gasteiger partial charge in [0.05, 0.1) is 18.8 Å². The number of nitrogens with zero attached hydrogens (tertiary/aromatic N) is 3. The first-order valence-corrected chi connectivity index (χ1v) is 9.43. The topological polar surface area (TPSA) is 63.0 Å². The zero-order chi connectivity index (χ0) is 19.9. The van der Waals surface area contributed by atoms with E-state index in [1.165, 1.54) is 6.07 Å². The van der Waals surface area contributed by atoms with Crippen molar-refractivity contribution in [2.75, 3.05) is 13.1 Å². The highest BCUT2D eigenvalue weighted by Crippen LogP contribution is 2.16. The molecule has 3 aromatic rings. The van der Waals surface area contributed by atoms with Crippen LogP contribution in [0.2, 0.25) is 0 Å². The zero-order valence-electron chi connectivity index (χ0n) is 16.9. The number of para-hydroxylation sites is 1. The summed E-state index contributed by atoms with van der Waals surface area (Å²) in [5.74, 6) is 0.552. The van der Waals surface area contributed by atoms with Crippen LogP contribution >= 0.6 is 24.0 Å². The van der Waals surface area contributed by atoms with Crippen molar-refractivity contribution in [2.24, 2.45) is 4.99 Å². The van der Waals surface area contributed by atoms with Gasteiger partial charge in [-0.25, -0.2) is 14.4 Å². The van der Waals surface area contributed by atoms with Gasteiger partial charge in [0.1, 0.15) is 11.8 Å². The maximum Gasteiger partial charge on any atom is 0.191 e. The van der Waals surface area contributed by atoms with Crippen LogP contribution in [0.3, 0.4) is 0 Å². The number of aryl methyl sites for hydroxylation is 1. The van der Waals surface area contributed by atoms with Crippen molar-refractivity contribution in [1.82, 2.24) is 20.0 Å². The number of nitrogens with one attached hydrogen (secondary N) is 2. The second kappa shape index (κ2) is 11.0. The maximum absolute atomic E-state index is 13.7. The molecule has 1 aromatic carbocycles. The number of benzene rings is 1. The van der Waals surface area contributed by atoms with Crippen molar-refractivity contribution in [3.8, 4) is 5.75 Å². The summed E-state index contributed by atoms with van der Waals surface area (Å²) in [6.07, 6.45) is 1.78. The Hall–Kier alpha value is -2.36. The number of hydrogen-bond donors (Lipinski definition) is 2. The third-order valence-corrected chi connectivity index (χ3v) is 4.21. The molecule has 2 aromatic heterocycles. The lowest BCUT2D eigenvalue weighted by molar-refractivity contribution is 0.214. The minimum atomic E-state index is -0.364. The fourth-order valence-electron chi connectivity index (χ4n) is 2.82. The van der Waals surface area contributed by atoms with Crippen molar-refractivity contribution in [1.29, 1.82) is 0 Å². The molecule has 29 heavy (non-hydrogen) atoms. The molecule has 0 radical (unpaired) electrons. The highest BCUT2D eigenvalue weighted by molar-refractivity contribution is 14.0. The Labute approximate surface area is 187 Å². The van der Waals surface area contributed by atoms with Gasteiger partial charge in [-0.05, 0) is 45.0 Å². The number of halogens is 2. The molecule has 6 nitrogen and oxygen atoms in total. The molecule has 0 aliphatic rings. The third kappa shape index (κ3) is 6.31. The number of aliphatic imine (C=N–C) groups is 1. The van der Waals surface area contributed by atoms with Crippen LogP contribution in [0.1, 0.15) is 25.2 Å². The quantitative estimate of drug-likeness (QED) is 0.287. The van der Waals surface area contributed by atoms with E-state index in [2.05, 4.69) is 25.0 Å². The van der Waals surface area contributed by atoms with Crippen molar-refractivity contribution < 1.29 is 9.13 Å². The maximum atomic E-state index is 13.7. The lowest BCUT2D eigenvalue weighted by Gasteiger charge is -2.17. The minimum Gasteiger partial charge on any atom is -0.486 e. The van der Waals surface area contributed by atoms with Crippen molar-refractivity contribution >= 4 is 35.6 Å². The molecule has 1 atom stereocenters. The van der Waals surface area contributed by atoms with Crippen LogP contribution in [0, 0.1) is 12.7 Å². The van der Waals surface area contributed by atoms with Crippen LogP contribution < -0.4 is 15.4 Å². The number of rotatable bonds is 7. The predicted octanol–water partition coefficient (Wildman–Crippen LogP) is 3.92. The first-order chi connectivity index (χ1) is 13.6. The standard InChI is InChI=1S/C21H26FN5O.HI/c1-4-23-21(24-12-16(3)28-19-10-6-5-9-18(19)22)25-13-17-14-27-15(2)8-7-11-20(27)26-17;/h5-11,14,16H,4,12-13H2,1-3H3,(H2,23,24,25);1H. The summed E-state index contributed by atoms with van der Waals surface area (Å²) < 4.78 is 21.4. The summed E-state index contributed by atoms with van der Waals surface area (Å²) in [5, 5.41) is 6.44. The SMILES string of the molecule is CCNC(=NCc1cn2c(C)cccc2n1)NCC(C)Oc1ccccc1F.I. The molecular weight excluding hydrogens is 484 g/mol. The van der Waals surface area contributed by atoms with Gasteiger partial charge < -0.3 is 19.8 Å². The molecule has 2 heterocycles. The molecule has 0 spiro atoms. The van der Waals surface area contributed by atoms with Gasteiger partial charge in [0.25, 0.3) is 0 Å². The van der Waals surface area contributed by atoms with Gasteiger partial charge in [-0.15, -0.1) is 24.0 Å². The molecule has 0 saturated carbocycles. The average molecular weight is 511 g/mol. The minimum absolute atomic E-state index is 0. The van der Waals surface area contributed by atoms with Gasteiger partial charge in [0.2, 0.25) is 0 Å². The predicted molar refractivity (Wildman–Crippen MR) is 125 cm³/mol. The highest BCUT2D eigenvalue weighted by Gasteiger charge is 2.09. The van der Waals surface area contributed by atoms with E-state index in [1.54, 1.807) is 18.2 Å². The molecule has 0 fully saturated rings. The molecular formula is C21H27FIN5O. The van der Waals surface area contributed by atoms with E-state index in [0.29, 0.717) is 19.0 Å². The first-order valence-electron chi connectivity index (χ1n) is 9.43. The van der Waals surface area contributed by atoms with Crippen molar-refractivity contribution in [3.05, 3.63) is 65.9 Å². The highest BCUT2D eigenvalue weighted by atomic mass is 127. The Bertz CT molecular complexity index is 959. The van der Waals surface area contributed by atoms with Gasteiger partial charge >= 0.3 is 0 Å². The number of hydrogen-bond acceptors (Lipinski definition) is 3.